The minimum absolute atomic E-state index is 0.293. The first-order valence-electron chi connectivity index (χ1n) is 6.44. The second-order valence-electron chi connectivity index (χ2n) is 4.32. The van der Waals surface area contributed by atoms with Gasteiger partial charge in [-0.05, 0) is 31.2 Å². The zero-order valence-electron chi connectivity index (χ0n) is 11.1. The molecule has 3 rings (SSSR count). The lowest BCUT2D eigenvalue weighted by atomic mass is 10.3. The average Bonchev–Trinajstić information content (AvgIpc) is 3.05. The quantitative estimate of drug-likeness (QED) is 0.691. The number of aromatic nitrogens is 2. The molecule has 0 fully saturated rings. The van der Waals surface area contributed by atoms with Gasteiger partial charge in [-0.1, -0.05) is 12.1 Å². The van der Waals surface area contributed by atoms with Crippen LogP contribution in [0.15, 0.2) is 42.6 Å². The van der Waals surface area contributed by atoms with Crippen LogP contribution in [0.25, 0.3) is 10.2 Å². The molecular weight excluding hydrogens is 272 g/mol. The Bertz CT molecular complexity index is 712. The van der Waals surface area contributed by atoms with Crippen LogP contribution in [0.3, 0.4) is 0 Å². The van der Waals surface area contributed by atoms with Gasteiger partial charge in [0.15, 0.2) is 0 Å². The van der Waals surface area contributed by atoms with E-state index >= 15 is 0 Å². The molecule has 0 bridgehead atoms. The number of hydrogen-bond donors (Lipinski definition) is 0. The van der Waals surface area contributed by atoms with Gasteiger partial charge < -0.3 is 9.30 Å². The molecule has 5 heteroatoms. The van der Waals surface area contributed by atoms with Gasteiger partial charge in [-0.3, -0.25) is 0 Å². The van der Waals surface area contributed by atoms with Crippen molar-refractivity contribution in [3.8, 4) is 0 Å². The highest BCUT2D eigenvalue weighted by Gasteiger charge is 2.13. The van der Waals surface area contributed by atoms with Crippen LogP contribution in [0.4, 0.5) is 0 Å². The molecule has 2 aromatic heterocycles. The number of nitrogens with zero attached hydrogens (tertiary/aromatic N) is 2. The molecule has 102 valence electrons. The molecule has 2 heterocycles. The van der Waals surface area contributed by atoms with Gasteiger partial charge in [0.2, 0.25) is 0 Å². The Labute approximate surface area is 120 Å². The Balaban J connectivity index is 1.87. The topological polar surface area (TPSA) is 44.1 Å². The molecule has 0 aliphatic rings. The van der Waals surface area contributed by atoms with Crippen molar-refractivity contribution in [3.63, 3.8) is 0 Å². The molecule has 3 aromatic rings. The Kier molecular flexibility index (Phi) is 3.52. The van der Waals surface area contributed by atoms with Crippen LogP contribution >= 0.6 is 11.3 Å². The molecule has 4 nitrogen and oxygen atoms in total. The number of fused-ring (bicyclic) bond motifs is 1. The lowest BCUT2D eigenvalue weighted by Crippen LogP contribution is -2.12. The Morgan fingerprint density at radius 1 is 1.30 bits per heavy atom. The van der Waals surface area contributed by atoms with Crippen LogP contribution in [0.2, 0.25) is 0 Å². The molecule has 0 N–H and O–H groups in total. The Morgan fingerprint density at radius 2 is 2.15 bits per heavy atom. The standard InChI is InChI=1S/C15H14N2O2S/c1-2-19-15(18)12-7-5-9-17(12)10-14-16-11-6-3-4-8-13(11)20-14/h3-9H,2,10H2,1H3. The molecule has 0 radical (unpaired) electrons. The third-order valence-corrected chi connectivity index (χ3v) is 3.98. The first kappa shape index (κ1) is 12.9. The first-order valence-corrected chi connectivity index (χ1v) is 7.26. The summed E-state index contributed by atoms with van der Waals surface area (Å²) in [6.45, 7) is 2.77. The fraction of sp³-hybridized carbons (Fsp3) is 0.200. The predicted molar refractivity (Wildman–Crippen MR) is 79.1 cm³/mol. The minimum atomic E-state index is -0.293. The maximum absolute atomic E-state index is 11.8. The number of thiazole rings is 1. The molecule has 0 unspecified atom stereocenters. The molecule has 0 saturated heterocycles. The van der Waals surface area contributed by atoms with Crippen LogP contribution < -0.4 is 0 Å². The Hall–Kier alpha value is -2.14. The van der Waals surface area contributed by atoms with E-state index in [4.69, 9.17) is 4.74 Å². The van der Waals surface area contributed by atoms with Gasteiger partial charge >= 0.3 is 5.97 Å². The van der Waals surface area contributed by atoms with E-state index in [-0.39, 0.29) is 5.97 Å². The highest BCUT2D eigenvalue weighted by Crippen LogP contribution is 2.22. The van der Waals surface area contributed by atoms with Gasteiger partial charge in [0.05, 0.1) is 23.4 Å². The normalized spacial score (nSPS) is 10.8. The Morgan fingerprint density at radius 3 is 2.95 bits per heavy atom. The van der Waals surface area contributed by atoms with Crippen LogP contribution in [0.1, 0.15) is 22.4 Å². The monoisotopic (exact) mass is 286 g/mol. The third kappa shape index (κ3) is 2.44. The second kappa shape index (κ2) is 5.46. The summed E-state index contributed by atoms with van der Waals surface area (Å²) in [6, 6.07) is 11.6. The molecule has 0 atom stereocenters. The first-order chi connectivity index (χ1) is 9.78. The van der Waals surface area contributed by atoms with E-state index in [1.165, 1.54) is 0 Å². The number of benzene rings is 1. The lowest BCUT2D eigenvalue weighted by molar-refractivity contribution is 0.0514. The average molecular weight is 286 g/mol. The van der Waals surface area contributed by atoms with Crippen molar-refractivity contribution in [1.29, 1.82) is 0 Å². The van der Waals surface area contributed by atoms with Gasteiger partial charge in [-0.15, -0.1) is 11.3 Å². The molecule has 0 spiro atoms. The van der Waals surface area contributed by atoms with Crippen molar-refractivity contribution in [2.45, 2.75) is 13.5 Å². The number of carbonyl (C=O) groups is 1. The number of rotatable bonds is 4. The molecule has 0 saturated carbocycles. The van der Waals surface area contributed by atoms with Crippen LogP contribution in [0.5, 0.6) is 0 Å². The van der Waals surface area contributed by atoms with E-state index in [9.17, 15) is 4.79 Å². The maximum Gasteiger partial charge on any atom is 0.354 e. The lowest BCUT2D eigenvalue weighted by Gasteiger charge is -2.06. The van der Waals surface area contributed by atoms with Crippen LogP contribution in [-0.4, -0.2) is 22.1 Å². The van der Waals surface area contributed by atoms with E-state index < -0.39 is 0 Å². The highest BCUT2D eigenvalue weighted by atomic mass is 32.1. The third-order valence-electron chi connectivity index (χ3n) is 2.96. The number of hydrogen-bond acceptors (Lipinski definition) is 4. The van der Waals surface area contributed by atoms with Crippen molar-refractivity contribution in [2.75, 3.05) is 6.61 Å². The number of esters is 1. The van der Waals surface area contributed by atoms with Gasteiger partial charge in [0.1, 0.15) is 10.7 Å². The number of carbonyl (C=O) groups excluding carboxylic acids is 1. The predicted octanol–water partition coefficient (Wildman–Crippen LogP) is 3.32. The summed E-state index contributed by atoms with van der Waals surface area (Å²) in [7, 11) is 0. The maximum atomic E-state index is 11.8. The summed E-state index contributed by atoms with van der Waals surface area (Å²) in [5, 5.41) is 0.980. The van der Waals surface area contributed by atoms with E-state index in [1.54, 1.807) is 24.3 Å². The second-order valence-corrected chi connectivity index (χ2v) is 5.43. The summed E-state index contributed by atoms with van der Waals surface area (Å²) in [5.41, 5.74) is 1.56. The summed E-state index contributed by atoms with van der Waals surface area (Å²) >= 11 is 1.65. The molecule has 0 aliphatic carbocycles. The molecular formula is C15H14N2O2S. The van der Waals surface area contributed by atoms with E-state index in [2.05, 4.69) is 11.1 Å². The summed E-state index contributed by atoms with van der Waals surface area (Å²) in [6.07, 6.45) is 1.87. The van der Waals surface area contributed by atoms with Gasteiger partial charge in [0.25, 0.3) is 0 Å². The largest absolute Gasteiger partial charge is 0.461 e. The highest BCUT2D eigenvalue weighted by molar-refractivity contribution is 7.18. The van der Waals surface area contributed by atoms with Crippen molar-refractivity contribution < 1.29 is 9.53 Å². The SMILES string of the molecule is CCOC(=O)c1cccn1Cc1nc2ccccc2s1. The van der Waals surface area contributed by atoms with Gasteiger partial charge in [-0.2, -0.15) is 0 Å². The fourth-order valence-corrected chi connectivity index (χ4v) is 3.04. The van der Waals surface area contributed by atoms with Gasteiger partial charge in [-0.25, -0.2) is 9.78 Å². The number of ether oxygens (including phenoxy) is 1. The van der Waals surface area contributed by atoms with Crippen LogP contribution in [0, 0.1) is 0 Å². The smallest absolute Gasteiger partial charge is 0.354 e. The van der Waals surface area contributed by atoms with Crippen molar-refractivity contribution in [1.82, 2.24) is 9.55 Å². The summed E-state index contributed by atoms with van der Waals surface area (Å²) in [4.78, 5) is 16.4. The van der Waals surface area contributed by atoms with Crippen LogP contribution in [-0.2, 0) is 11.3 Å². The zero-order chi connectivity index (χ0) is 13.9. The number of para-hydroxylation sites is 1. The molecule has 0 amide bonds. The van der Waals surface area contributed by atoms with Crippen molar-refractivity contribution in [3.05, 3.63) is 53.3 Å². The van der Waals surface area contributed by atoms with E-state index in [0.717, 1.165) is 15.2 Å². The van der Waals surface area contributed by atoms with Crippen molar-refractivity contribution in [2.24, 2.45) is 0 Å². The zero-order valence-corrected chi connectivity index (χ0v) is 11.9. The molecule has 20 heavy (non-hydrogen) atoms. The van der Waals surface area contributed by atoms with Gasteiger partial charge in [0, 0.05) is 6.20 Å². The minimum Gasteiger partial charge on any atom is -0.461 e. The summed E-state index contributed by atoms with van der Waals surface area (Å²) in [5.74, 6) is -0.293. The molecule has 0 aliphatic heterocycles. The van der Waals surface area contributed by atoms with Crippen molar-refractivity contribution >= 4 is 27.5 Å². The van der Waals surface area contributed by atoms with E-state index in [1.807, 2.05) is 35.0 Å². The van der Waals surface area contributed by atoms with E-state index in [0.29, 0.717) is 18.8 Å². The fourth-order valence-electron chi connectivity index (χ4n) is 2.08. The molecule has 1 aromatic carbocycles. The summed E-state index contributed by atoms with van der Waals surface area (Å²) < 4.78 is 8.08.